The molecular formula is C10H10BrCl. The van der Waals surface area contributed by atoms with Gasteiger partial charge in [0.05, 0.1) is 5.02 Å². The lowest BCUT2D eigenvalue weighted by Crippen LogP contribution is -1.86. The van der Waals surface area contributed by atoms with Crippen LogP contribution in [0, 0.1) is 5.92 Å². The Labute approximate surface area is 86.1 Å². The van der Waals surface area contributed by atoms with Crippen molar-refractivity contribution < 1.29 is 0 Å². The minimum atomic E-state index is 0.827. The van der Waals surface area contributed by atoms with E-state index in [1.165, 1.54) is 24.8 Å². The van der Waals surface area contributed by atoms with Crippen LogP contribution in [0.1, 0.15) is 18.4 Å². The van der Waals surface area contributed by atoms with E-state index in [2.05, 4.69) is 28.1 Å². The van der Waals surface area contributed by atoms with E-state index in [1.807, 2.05) is 6.07 Å². The van der Waals surface area contributed by atoms with Crippen LogP contribution in [-0.4, -0.2) is 0 Å². The van der Waals surface area contributed by atoms with Gasteiger partial charge < -0.3 is 0 Å². The Morgan fingerprint density at radius 1 is 1.42 bits per heavy atom. The minimum absolute atomic E-state index is 0.827. The fraction of sp³-hybridized carbons (Fsp3) is 0.400. The molecule has 0 amide bonds. The SMILES string of the molecule is Clc1cc(CC2CC2)ccc1Br. The average molecular weight is 246 g/mol. The second kappa shape index (κ2) is 3.39. The zero-order valence-electron chi connectivity index (χ0n) is 6.69. The van der Waals surface area contributed by atoms with Crippen LogP contribution in [0.3, 0.4) is 0 Å². The number of rotatable bonds is 2. The Kier molecular flexibility index (Phi) is 2.42. The summed E-state index contributed by atoms with van der Waals surface area (Å²) in [5.41, 5.74) is 1.37. The third-order valence-electron chi connectivity index (χ3n) is 2.21. The second-order valence-electron chi connectivity index (χ2n) is 3.40. The molecule has 0 nitrogen and oxygen atoms in total. The molecule has 0 saturated heterocycles. The van der Waals surface area contributed by atoms with E-state index < -0.39 is 0 Å². The van der Waals surface area contributed by atoms with E-state index in [0.29, 0.717) is 0 Å². The van der Waals surface area contributed by atoms with Gasteiger partial charge in [0.1, 0.15) is 0 Å². The van der Waals surface area contributed by atoms with Gasteiger partial charge >= 0.3 is 0 Å². The van der Waals surface area contributed by atoms with Crippen molar-refractivity contribution in [3.8, 4) is 0 Å². The van der Waals surface area contributed by atoms with Gasteiger partial charge in [-0.2, -0.15) is 0 Å². The van der Waals surface area contributed by atoms with Crippen molar-refractivity contribution in [2.24, 2.45) is 5.92 Å². The van der Waals surface area contributed by atoms with E-state index in [0.717, 1.165) is 15.4 Å². The Morgan fingerprint density at radius 3 is 2.75 bits per heavy atom. The molecule has 1 aliphatic carbocycles. The lowest BCUT2D eigenvalue weighted by molar-refractivity contribution is 0.832. The quantitative estimate of drug-likeness (QED) is 0.737. The number of hydrogen-bond donors (Lipinski definition) is 0. The number of halogens is 2. The van der Waals surface area contributed by atoms with Crippen LogP contribution in [0.25, 0.3) is 0 Å². The fourth-order valence-corrected chi connectivity index (χ4v) is 1.77. The van der Waals surface area contributed by atoms with Crippen LogP contribution in [0.2, 0.25) is 5.02 Å². The molecule has 1 fully saturated rings. The molecule has 1 aliphatic rings. The molecule has 0 bridgehead atoms. The molecule has 1 saturated carbocycles. The molecule has 1 aromatic rings. The van der Waals surface area contributed by atoms with E-state index >= 15 is 0 Å². The second-order valence-corrected chi connectivity index (χ2v) is 4.66. The highest BCUT2D eigenvalue weighted by Gasteiger charge is 2.21. The van der Waals surface area contributed by atoms with Gasteiger partial charge in [-0.1, -0.05) is 17.7 Å². The molecule has 12 heavy (non-hydrogen) atoms. The van der Waals surface area contributed by atoms with Crippen LogP contribution < -0.4 is 0 Å². The molecular weight excluding hydrogens is 235 g/mol. The molecule has 1 aromatic carbocycles. The zero-order valence-corrected chi connectivity index (χ0v) is 9.03. The summed E-state index contributed by atoms with van der Waals surface area (Å²) in [4.78, 5) is 0. The largest absolute Gasteiger partial charge is 0.0831 e. The third-order valence-corrected chi connectivity index (χ3v) is 3.44. The number of hydrogen-bond acceptors (Lipinski definition) is 0. The van der Waals surface area contributed by atoms with Crippen molar-refractivity contribution in [2.45, 2.75) is 19.3 Å². The Balaban J connectivity index is 2.15. The Morgan fingerprint density at radius 2 is 2.17 bits per heavy atom. The van der Waals surface area contributed by atoms with E-state index in [9.17, 15) is 0 Å². The maximum absolute atomic E-state index is 5.97. The van der Waals surface area contributed by atoms with Crippen molar-refractivity contribution in [1.82, 2.24) is 0 Å². The van der Waals surface area contributed by atoms with Crippen LogP contribution >= 0.6 is 27.5 Å². The van der Waals surface area contributed by atoms with Crippen molar-refractivity contribution in [3.05, 3.63) is 33.3 Å². The smallest absolute Gasteiger partial charge is 0.0550 e. The van der Waals surface area contributed by atoms with Crippen molar-refractivity contribution in [2.75, 3.05) is 0 Å². The van der Waals surface area contributed by atoms with Crippen molar-refractivity contribution in [3.63, 3.8) is 0 Å². The molecule has 0 unspecified atom stereocenters. The van der Waals surface area contributed by atoms with Gasteiger partial charge in [0, 0.05) is 4.47 Å². The van der Waals surface area contributed by atoms with Gasteiger partial charge in [-0.15, -0.1) is 0 Å². The normalized spacial score (nSPS) is 16.5. The van der Waals surface area contributed by atoms with E-state index in [1.54, 1.807) is 0 Å². The maximum Gasteiger partial charge on any atom is 0.0550 e. The van der Waals surface area contributed by atoms with E-state index in [-0.39, 0.29) is 0 Å². The van der Waals surface area contributed by atoms with Crippen LogP contribution in [0.5, 0.6) is 0 Å². The number of benzene rings is 1. The standard InChI is InChI=1S/C10H10BrCl/c11-9-4-3-8(6-10(9)12)5-7-1-2-7/h3-4,6-7H,1-2,5H2. The van der Waals surface area contributed by atoms with Crippen LogP contribution in [0.15, 0.2) is 22.7 Å². The molecule has 0 heterocycles. The summed E-state index contributed by atoms with van der Waals surface area (Å²) in [6.07, 6.45) is 3.99. The Bertz CT molecular complexity index is 292. The third kappa shape index (κ3) is 2.02. The summed E-state index contributed by atoms with van der Waals surface area (Å²) in [6.45, 7) is 0. The summed E-state index contributed by atoms with van der Waals surface area (Å²) < 4.78 is 0.990. The lowest BCUT2D eigenvalue weighted by Gasteiger charge is -2.01. The predicted octanol–water partition coefficient (Wildman–Crippen LogP) is 4.06. The van der Waals surface area contributed by atoms with Gasteiger partial charge in [-0.05, 0) is 58.8 Å². The predicted molar refractivity (Wildman–Crippen MR) is 55.6 cm³/mol. The summed E-state index contributed by atoms with van der Waals surface area (Å²) in [6, 6.07) is 6.23. The highest BCUT2D eigenvalue weighted by atomic mass is 79.9. The average Bonchev–Trinajstić information content (AvgIpc) is 2.81. The summed E-state index contributed by atoms with van der Waals surface area (Å²) in [5, 5.41) is 0.827. The van der Waals surface area contributed by atoms with Crippen LogP contribution in [-0.2, 0) is 6.42 Å². The zero-order chi connectivity index (χ0) is 8.55. The maximum atomic E-state index is 5.97. The molecule has 64 valence electrons. The lowest BCUT2D eigenvalue weighted by atomic mass is 10.1. The highest BCUT2D eigenvalue weighted by molar-refractivity contribution is 9.10. The fourth-order valence-electron chi connectivity index (χ4n) is 1.32. The van der Waals surface area contributed by atoms with Gasteiger partial charge in [-0.3, -0.25) is 0 Å². The molecule has 0 N–H and O–H groups in total. The van der Waals surface area contributed by atoms with Gasteiger partial charge in [-0.25, -0.2) is 0 Å². The summed E-state index contributed by atoms with van der Waals surface area (Å²) >= 11 is 9.35. The van der Waals surface area contributed by atoms with Crippen molar-refractivity contribution >= 4 is 27.5 Å². The molecule has 0 atom stereocenters. The van der Waals surface area contributed by atoms with Gasteiger partial charge in [0.15, 0.2) is 0 Å². The monoisotopic (exact) mass is 244 g/mol. The van der Waals surface area contributed by atoms with Gasteiger partial charge in [0.25, 0.3) is 0 Å². The molecule has 0 spiro atoms. The summed E-state index contributed by atoms with van der Waals surface area (Å²) in [5.74, 6) is 0.933. The van der Waals surface area contributed by atoms with Gasteiger partial charge in [0.2, 0.25) is 0 Å². The summed E-state index contributed by atoms with van der Waals surface area (Å²) in [7, 11) is 0. The molecule has 2 heteroatoms. The molecule has 0 radical (unpaired) electrons. The van der Waals surface area contributed by atoms with E-state index in [4.69, 9.17) is 11.6 Å². The first-order valence-electron chi connectivity index (χ1n) is 4.19. The highest BCUT2D eigenvalue weighted by Crippen LogP contribution is 2.34. The first-order chi connectivity index (χ1) is 5.75. The molecule has 0 aliphatic heterocycles. The Hall–Kier alpha value is -0.0100. The molecule has 0 aromatic heterocycles. The first kappa shape index (κ1) is 8.58. The van der Waals surface area contributed by atoms with Crippen molar-refractivity contribution in [1.29, 1.82) is 0 Å². The topological polar surface area (TPSA) is 0 Å². The first-order valence-corrected chi connectivity index (χ1v) is 5.37. The molecule has 2 rings (SSSR count). The van der Waals surface area contributed by atoms with Crippen LogP contribution in [0.4, 0.5) is 0 Å². The minimum Gasteiger partial charge on any atom is -0.0831 e.